The first kappa shape index (κ1) is 14.4. The summed E-state index contributed by atoms with van der Waals surface area (Å²) in [6.07, 6.45) is 8.71. The van der Waals surface area contributed by atoms with Crippen LogP contribution in [-0.4, -0.2) is 40.7 Å². The molecule has 0 bridgehead atoms. The lowest BCUT2D eigenvalue weighted by Crippen LogP contribution is -2.31. The second-order valence-corrected chi connectivity index (χ2v) is 5.84. The zero-order valence-electron chi connectivity index (χ0n) is 12.8. The standard InChI is InChI=1S/C15H25N5O/c1-2-16-13-17-14(20-10-6-3-7-11-20)19-15(18-13)21-12-8-4-5-9-12/h12H,2-11H2,1H3,(H,16,17,18,19). The number of nitrogens with one attached hydrogen (secondary N) is 1. The Morgan fingerprint density at radius 3 is 2.52 bits per heavy atom. The van der Waals surface area contributed by atoms with E-state index in [2.05, 4.69) is 25.2 Å². The molecule has 0 radical (unpaired) electrons. The van der Waals surface area contributed by atoms with Crippen LogP contribution >= 0.6 is 0 Å². The van der Waals surface area contributed by atoms with Crippen molar-refractivity contribution >= 4 is 11.9 Å². The number of aromatic nitrogens is 3. The third-order valence-corrected chi connectivity index (χ3v) is 4.15. The Hall–Kier alpha value is -1.59. The van der Waals surface area contributed by atoms with Gasteiger partial charge in [0.25, 0.3) is 0 Å². The van der Waals surface area contributed by atoms with Crippen molar-refractivity contribution < 1.29 is 4.74 Å². The van der Waals surface area contributed by atoms with E-state index in [1.807, 2.05) is 6.92 Å². The van der Waals surface area contributed by atoms with Gasteiger partial charge in [-0.3, -0.25) is 0 Å². The monoisotopic (exact) mass is 291 g/mol. The minimum atomic E-state index is 0.274. The van der Waals surface area contributed by atoms with E-state index < -0.39 is 0 Å². The van der Waals surface area contributed by atoms with Crippen LogP contribution < -0.4 is 15.0 Å². The maximum atomic E-state index is 5.96. The average molecular weight is 291 g/mol. The molecule has 2 heterocycles. The lowest BCUT2D eigenvalue weighted by Gasteiger charge is -2.27. The molecule has 1 aliphatic heterocycles. The molecule has 1 saturated heterocycles. The predicted octanol–water partition coefficient (Wildman–Crippen LogP) is 2.62. The van der Waals surface area contributed by atoms with E-state index in [0.29, 0.717) is 12.0 Å². The Bertz CT molecular complexity index is 455. The summed E-state index contributed by atoms with van der Waals surface area (Å²) in [5.74, 6) is 1.38. The number of rotatable bonds is 5. The van der Waals surface area contributed by atoms with E-state index in [4.69, 9.17) is 4.74 Å². The SMILES string of the molecule is CCNc1nc(OC2CCCC2)nc(N2CCCCC2)n1. The van der Waals surface area contributed by atoms with Crippen LogP contribution in [0.1, 0.15) is 51.9 Å². The van der Waals surface area contributed by atoms with Crippen molar-refractivity contribution in [1.82, 2.24) is 15.0 Å². The molecule has 116 valence electrons. The molecule has 21 heavy (non-hydrogen) atoms. The normalized spacial score (nSPS) is 19.8. The molecule has 0 amide bonds. The van der Waals surface area contributed by atoms with Gasteiger partial charge in [-0.2, -0.15) is 15.0 Å². The summed E-state index contributed by atoms with van der Waals surface area (Å²) >= 11 is 0. The number of hydrogen-bond acceptors (Lipinski definition) is 6. The summed E-state index contributed by atoms with van der Waals surface area (Å²) in [5, 5.41) is 3.18. The lowest BCUT2D eigenvalue weighted by molar-refractivity contribution is 0.192. The number of hydrogen-bond donors (Lipinski definition) is 1. The van der Waals surface area contributed by atoms with Crippen LogP contribution in [0.2, 0.25) is 0 Å². The fraction of sp³-hybridized carbons (Fsp3) is 0.800. The molecule has 0 unspecified atom stereocenters. The number of nitrogens with zero attached hydrogens (tertiary/aromatic N) is 4. The summed E-state index contributed by atoms with van der Waals surface area (Å²) in [5.41, 5.74) is 0. The summed E-state index contributed by atoms with van der Waals surface area (Å²) in [6, 6.07) is 0.480. The van der Waals surface area contributed by atoms with Gasteiger partial charge in [0.05, 0.1) is 0 Å². The largest absolute Gasteiger partial charge is 0.460 e. The Kier molecular flexibility index (Phi) is 4.72. The van der Waals surface area contributed by atoms with Crippen LogP contribution in [0.5, 0.6) is 6.01 Å². The minimum absolute atomic E-state index is 0.274. The van der Waals surface area contributed by atoms with Crippen molar-refractivity contribution in [3.63, 3.8) is 0 Å². The number of ether oxygens (including phenoxy) is 1. The highest BCUT2D eigenvalue weighted by atomic mass is 16.5. The van der Waals surface area contributed by atoms with Gasteiger partial charge >= 0.3 is 6.01 Å². The van der Waals surface area contributed by atoms with Crippen LogP contribution in [0.15, 0.2) is 0 Å². The van der Waals surface area contributed by atoms with E-state index in [-0.39, 0.29) is 6.10 Å². The molecule has 0 spiro atoms. The Balaban J connectivity index is 1.78. The maximum Gasteiger partial charge on any atom is 0.323 e. The van der Waals surface area contributed by atoms with Gasteiger partial charge in [-0.1, -0.05) is 0 Å². The molecule has 1 saturated carbocycles. The second kappa shape index (κ2) is 6.91. The Morgan fingerprint density at radius 2 is 1.81 bits per heavy atom. The van der Waals surface area contributed by atoms with Gasteiger partial charge in [0.15, 0.2) is 0 Å². The first-order chi connectivity index (χ1) is 10.3. The molecular formula is C15H25N5O. The highest BCUT2D eigenvalue weighted by Crippen LogP contribution is 2.24. The molecule has 1 aromatic heterocycles. The van der Waals surface area contributed by atoms with Crippen LogP contribution in [0.4, 0.5) is 11.9 Å². The molecule has 1 aromatic rings. The Morgan fingerprint density at radius 1 is 1.05 bits per heavy atom. The van der Waals surface area contributed by atoms with Gasteiger partial charge in [-0.05, 0) is 51.9 Å². The molecule has 3 rings (SSSR count). The van der Waals surface area contributed by atoms with Gasteiger partial charge in [-0.15, -0.1) is 0 Å². The highest BCUT2D eigenvalue weighted by Gasteiger charge is 2.21. The number of piperidine rings is 1. The zero-order valence-corrected chi connectivity index (χ0v) is 12.8. The third-order valence-electron chi connectivity index (χ3n) is 4.15. The lowest BCUT2D eigenvalue weighted by atomic mass is 10.1. The first-order valence-corrected chi connectivity index (χ1v) is 8.26. The molecule has 6 heteroatoms. The molecule has 1 aliphatic carbocycles. The summed E-state index contributed by atoms with van der Waals surface area (Å²) in [4.78, 5) is 15.7. The second-order valence-electron chi connectivity index (χ2n) is 5.84. The molecule has 0 aromatic carbocycles. The van der Waals surface area contributed by atoms with Gasteiger partial charge < -0.3 is 15.0 Å². The minimum Gasteiger partial charge on any atom is -0.460 e. The summed E-state index contributed by atoms with van der Waals surface area (Å²) < 4.78 is 5.96. The van der Waals surface area contributed by atoms with Crippen molar-refractivity contribution in [1.29, 1.82) is 0 Å². The van der Waals surface area contributed by atoms with Crippen molar-refractivity contribution in [2.24, 2.45) is 0 Å². The highest BCUT2D eigenvalue weighted by molar-refractivity contribution is 5.38. The van der Waals surface area contributed by atoms with Crippen molar-refractivity contribution in [3.8, 4) is 6.01 Å². The van der Waals surface area contributed by atoms with Crippen LogP contribution in [-0.2, 0) is 0 Å². The summed E-state index contributed by atoms with van der Waals surface area (Å²) in [7, 11) is 0. The van der Waals surface area contributed by atoms with Gasteiger partial charge in [-0.25, -0.2) is 0 Å². The molecule has 1 N–H and O–H groups in total. The number of anilines is 2. The van der Waals surface area contributed by atoms with Crippen LogP contribution in [0, 0.1) is 0 Å². The third kappa shape index (κ3) is 3.74. The van der Waals surface area contributed by atoms with Crippen molar-refractivity contribution in [2.45, 2.75) is 58.0 Å². The average Bonchev–Trinajstić information content (AvgIpc) is 3.01. The maximum absolute atomic E-state index is 5.96. The van der Waals surface area contributed by atoms with E-state index >= 15 is 0 Å². The van der Waals surface area contributed by atoms with Crippen molar-refractivity contribution in [2.75, 3.05) is 29.9 Å². The van der Waals surface area contributed by atoms with E-state index in [1.54, 1.807) is 0 Å². The predicted molar refractivity (Wildman–Crippen MR) is 82.9 cm³/mol. The fourth-order valence-corrected chi connectivity index (χ4v) is 3.03. The van der Waals surface area contributed by atoms with E-state index in [9.17, 15) is 0 Å². The molecular weight excluding hydrogens is 266 g/mol. The van der Waals surface area contributed by atoms with Gasteiger partial charge in [0.1, 0.15) is 6.10 Å². The zero-order chi connectivity index (χ0) is 14.5. The molecule has 0 atom stereocenters. The van der Waals surface area contributed by atoms with E-state index in [1.165, 1.54) is 32.1 Å². The topological polar surface area (TPSA) is 63.2 Å². The fourth-order valence-electron chi connectivity index (χ4n) is 3.03. The van der Waals surface area contributed by atoms with Crippen LogP contribution in [0.3, 0.4) is 0 Å². The smallest absolute Gasteiger partial charge is 0.323 e. The first-order valence-electron chi connectivity index (χ1n) is 8.26. The van der Waals surface area contributed by atoms with Crippen molar-refractivity contribution in [3.05, 3.63) is 0 Å². The van der Waals surface area contributed by atoms with E-state index in [0.717, 1.165) is 38.4 Å². The molecule has 2 fully saturated rings. The quantitative estimate of drug-likeness (QED) is 0.899. The van der Waals surface area contributed by atoms with Gasteiger partial charge in [0.2, 0.25) is 11.9 Å². The summed E-state index contributed by atoms with van der Waals surface area (Å²) in [6.45, 7) is 4.89. The molecule has 2 aliphatic rings. The van der Waals surface area contributed by atoms with Gasteiger partial charge in [0, 0.05) is 19.6 Å². The molecule has 6 nitrogen and oxygen atoms in total. The van der Waals surface area contributed by atoms with Crippen LogP contribution in [0.25, 0.3) is 0 Å². The Labute approximate surface area is 126 Å².